The Balaban J connectivity index is 2.20. The second kappa shape index (κ2) is 6.38. The molecular formula is C14H19N3O3. The van der Waals surface area contributed by atoms with Crippen molar-refractivity contribution in [2.24, 2.45) is 5.73 Å². The van der Waals surface area contributed by atoms with Crippen LogP contribution < -0.4 is 11.1 Å². The molecule has 6 nitrogen and oxygen atoms in total. The molecule has 2 amide bonds. The number of aromatic hydroxyl groups is 1. The molecule has 1 atom stereocenters. The van der Waals surface area contributed by atoms with Crippen molar-refractivity contribution in [1.29, 1.82) is 0 Å². The van der Waals surface area contributed by atoms with E-state index >= 15 is 0 Å². The van der Waals surface area contributed by atoms with E-state index < -0.39 is 5.91 Å². The molecule has 2 rings (SSSR count). The molecule has 0 spiro atoms. The lowest BCUT2D eigenvalue weighted by Gasteiger charge is -2.34. The maximum absolute atomic E-state index is 12.5. The fraction of sp³-hybridized carbons (Fsp3) is 0.429. The summed E-state index contributed by atoms with van der Waals surface area (Å²) >= 11 is 0. The van der Waals surface area contributed by atoms with Gasteiger partial charge >= 0.3 is 0 Å². The summed E-state index contributed by atoms with van der Waals surface area (Å²) in [5.41, 5.74) is 5.60. The van der Waals surface area contributed by atoms with Crippen molar-refractivity contribution in [2.75, 3.05) is 19.6 Å². The molecule has 1 aliphatic heterocycles. The summed E-state index contributed by atoms with van der Waals surface area (Å²) in [6.07, 6.45) is 1.79. The number of hydrogen-bond acceptors (Lipinski definition) is 4. The number of phenolic OH excluding ortho intramolecular Hbond substituents is 1. The van der Waals surface area contributed by atoms with Crippen LogP contribution in [0.1, 0.15) is 23.2 Å². The standard InChI is InChI=1S/C14H19N3O3/c15-13(19)9-17(11-4-2-6-16-8-11)14(20)10-3-1-5-12(18)7-10/h1,3,5,7,11,16,18H,2,4,6,8-9H2,(H2,15,19). The Morgan fingerprint density at radius 2 is 2.25 bits per heavy atom. The summed E-state index contributed by atoms with van der Waals surface area (Å²) in [6, 6.07) is 6.06. The van der Waals surface area contributed by atoms with E-state index in [0.717, 1.165) is 19.4 Å². The van der Waals surface area contributed by atoms with Crippen LogP contribution in [0.25, 0.3) is 0 Å². The molecule has 0 aliphatic carbocycles. The van der Waals surface area contributed by atoms with Crippen molar-refractivity contribution in [1.82, 2.24) is 10.2 Å². The number of primary amides is 1. The first-order valence-corrected chi connectivity index (χ1v) is 6.67. The molecule has 1 heterocycles. The van der Waals surface area contributed by atoms with Gasteiger partial charge in [0.25, 0.3) is 5.91 Å². The van der Waals surface area contributed by atoms with E-state index in [0.29, 0.717) is 12.1 Å². The highest BCUT2D eigenvalue weighted by molar-refractivity contribution is 5.96. The van der Waals surface area contributed by atoms with Crippen LogP contribution in [0.5, 0.6) is 5.75 Å². The minimum atomic E-state index is -0.538. The number of nitrogens with two attached hydrogens (primary N) is 1. The number of amides is 2. The first kappa shape index (κ1) is 14.3. The van der Waals surface area contributed by atoms with Crippen LogP contribution in [0, 0.1) is 0 Å². The van der Waals surface area contributed by atoms with Gasteiger partial charge in [-0.1, -0.05) is 6.07 Å². The predicted octanol–water partition coefficient (Wildman–Crippen LogP) is 0.0717. The van der Waals surface area contributed by atoms with Gasteiger partial charge < -0.3 is 21.1 Å². The highest BCUT2D eigenvalue weighted by Gasteiger charge is 2.27. The average molecular weight is 277 g/mol. The molecule has 1 unspecified atom stereocenters. The molecule has 108 valence electrons. The third-order valence-corrected chi connectivity index (χ3v) is 3.39. The Kier molecular flexibility index (Phi) is 4.57. The van der Waals surface area contributed by atoms with Crippen molar-refractivity contribution < 1.29 is 14.7 Å². The van der Waals surface area contributed by atoms with Gasteiger partial charge in [-0.25, -0.2) is 0 Å². The van der Waals surface area contributed by atoms with Gasteiger partial charge in [-0.3, -0.25) is 9.59 Å². The number of hydrogen-bond donors (Lipinski definition) is 3. The maximum atomic E-state index is 12.5. The normalized spacial score (nSPS) is 18.5. The first-order chi connectivity index (χ1) is 9.58. The average Bonchev–Trinajstić information content (AvgIpc) is 2.45. The number of carbonyl (C=O) groups excluding carboxylic acids is 2. The molecule has 0 radical (unpaired) electrons. The topological polar surface area (TPSA) is 95.7 Å². The van der Waals surface area contributed by atoms with Crippen LogP contribution in [0.4, 0.5) is 0 Å². The molecule has 1 aromatic rings. The maximum Gasteiger partial charge on any atom is 0.254 e. The number of nitrogens with zero attached hydrogens (tertiary/aromatic N) is 1. The van der Waals surface area contributed by atoms with Crippen LogP contribution in [0.3, 0.4) is 0 Å². The Bertz CT molecular complexity index is 498. The van der Waals surface area contributed by atoms with Crippen molar-refractivity contribution in [3.8, 4) is 5.75 Å². The minimum Gasteiger partial charge on any atom is -0.508 e. The van der Waals surface area contributed by atoms with Crippen molar-refractivity contribution in [3.05, 3.63) is 29.8 Å². The van der Waals surface area contributed by atoms with Gasteiger partial charge in [0.1, 0.15) is 5.75 Å². The molecular weight excluding hydrogens is 258 g/mol. The Morgan fingerprint density at radius 1 is 1.45 bits per heavy atom. The van der Waals surface area contributed by atoms with Gasteiger partial charge in [0.05, 0.1) is 6.54 Å². The van der Waals surface area contributed by atoms with E-state index in [4.69, 9.17) is 5.73 Å². The Labute approximate surface area is 117 Å². The predicted molar refractivity (Wildman–Crippen MR) is 74.2 cm³/mol. The number of benzene rings is 1. The number of rotatable bonds is 4. The second-order valence-electron chi connectivity index (χ2n) is 4.95. The number of phenols is 1. The summed E-state index contributed by atoms with van der Waals surface area (Å²) in [4.78, 5) is 25.2. The lowest BCUT2D eigenvalue weighted by Crippen LogP contribution is -2.51. The minimum absolute atomic E-state index is 0.0247. The molecule has 1 aromatic carbocycles. The molecule has 0 saturated carbocycles. The smallest absolute Gasteiger partial charge is 0.254 e. The first-order valence-electron chi connectivity index (χ1n) is 6.67. The van der Waals surface area contributed by atoms with E-state index in [-0.39, 0.29) is 24.2 Å². The van der Waals surface area contributed by atoms with Crippen molar-refractivity contribution in [3.63, 3.8) is 0 Å². The molecule has 20 heavy (non-hydrogen) atoms. The summed E-state index contributed by atoms with van der Waals surface area (Å²) < 4.78 is 0. The molecule has 1 saturated heterocycles. The zero-order valence-electron chi connectivity index (χ0n) is 11.2. The number of piperidine rings is 1. The van der Waals surface area contributed by atoms with E-state index in [1.807, 2.05) is 0 Å². The molecule has 0 bridgehead atoms. The lowest BCUT2D eigenvalue weighted by atomic mass is 10.0. The summed E-state index contributed by atoms with van der Waals surface area (Å²) in [7, 11) is 0. The van der Waals surface area contributed by atoms with E-state index in [1.54, 1.807) is 12.1 Å². The van der Waals surface area contributed by atoms with Gasteiger partial charge in [-0.2, -0.15) is 0 Å². The fourth-order valence-corrected chi connectivity index (χ4v) is 2.44. The van der Waals surface area contributed by atoms with Crippen molar-refractivity contribution >= 4 is 11.8 Å². The molecule has 1 aliphatic rings. The van der Waals surface area contributed by atoms with Gasteiger partial charge in [-0.05, 0) is 37.6 Å². The highest BCUT2D eigenvalue weighted by Crippen LogP contribution is 2.17. The largest absolute Gasteiger partial charge is 0.508 e. The summed E-state index contributed by atoms with van der Waals surface area (Å²) in [6.45, 7) is 1.46. The van der Waals surface area contributed by atoms with E-state index in [9.17, 15) is 14.7 Å². The van der Waals surface area contributed by atoms with Crippen LogP contribution in [0.2, 0.25) is 0 Å². The Morgan fingerprint density at radius 3 is 2.85 bits per heavy atom. The summed E-state index contributed by atoms with van der Waals surface area (Å²) in [5, 5.41) is 12.7. The van der Waals surface area contributed by atoms with E-state index in [2.05, 4.69) is 5.32 Å². The Hall–Kier alpha value is -2.08. The van der Waals surface area contributed by atoms with Crippen LogP contribution in [0.15, 0.2) is 24.3 Å². The number of nitrogens with one attached hydrogen (secondary N) is 1. The van der Waals surface area contributed by atoms with Crippen LogP contribution in [-0.2, 0) is 4.79 Å². The third-order valence-electron chi connectivity index (χ3n) is 3.39. The number of carbonyl (C=O) groups is 2. The van der Waals surface area contributed by atoms with Gasteiger partial charge in [0, 0.05) is 18.2 Å². The summed E-state index contributed by atoms with van der Waals surface area (Å²) in [5.74, 6) is -0.797. The quantitative estimate of drug-likeness (QED) is 0.726. The van der Waals surface area contributed by atoms with Gasteiger partial charge in [0.15, 0.2) is 0 Å². The van der Waals surface area contributed by atoms with Gasteiger partial charge in [0.2, 0.25) is 5.91 Å². The second-order valence-corrected chi connectivity index (χ2v) is 4.95. The van der Waals surface area contributed by atoms with Crippen molar-refractivity contribution in [2.45, 2.75) is 18.9 Å². The third kappa shape index (κ3) is 3.48. The van der Waals surface area contributed by atoms with Gasteiger partial charge in [-0.15, -0.1) is 0 Å². The fourth-order valence-electron chi connectivity index (χ4n) is 2.44. The molecule has 4 N–H and O–H groups in total. The molecule has 6 heteroatoms. The lowest BCUT2D eigenvalue weighted by molar-refractivity contribution is -0.119. The highest BCUT2D eigenvalue weighted by atomic mass is 16.3. The zero-order valence-corrected chi connectivity index (χ0v) is 11.2. The van der Waals surface area contributed by atoms with Crippen LogP contribution in [-0.4, -0.2) is 47.5 Å². The van der Waals surface area contributed by atoms with E-state index in [1.165, 1.54) is 17.0 Å². The molecule has 1 fully saturated rings. The zero-order chi connectivity index (χ0) is 14.5. The SMILES string of the molecule is NC(=O)CN(C(=O)c1cccc(O)c1)C1CCCNC1. The monoisotopic (exact) mass is 277 g/mol. The van der Waals surface area contributed by atoms with Crippen LogP contribution >= 0.6 is 0 Å². The molecule has 0 aromatic heterocycles.